The highest BCUT2D eigenvalue weighted by atomic mass is 16.1. The first kappa shape index (κ1) is 10.6. The van der Waals surface area contributed by atoms with Crippen molar-refractivity contribution in [1.82, 2.24) is 15.5 Å². The van der Waals surface area contributed by atoms with E-state index in [1.807, 2.05) is 25.2 Å². The van der Waals surface area contributed by atoms with Crippen molar-refractivity contribution in [2.45, 2.75) is 6.42 Å². The van der Waals surface area contributed by atoms with Gasteiger partial charge in [0.15, 0.2) is 0 Å². The molecule has 3 N–H and O–H groups in total. The van der Waals surface area contributed by atoms with Gasteiger partial charge in [0.1, 0.15) is 0 Å². The SMILES string of the molecule is CNCCC(=O)Nc1ccc2[nH]ncc2c1. The maximum absolute atomic E-state index is 11.5. The van der Waals surface area contributed by atoms with E-state index in [0.29, 0.717) is 13.0 Å². The van der Waals surface area contributed by atoms with Crippen molar-refractivity contribution < 1.29 is 4.79 Å². The fourth-order valence-corrected chi connectivity index (χ4v) is 1.48. The number of hydrogen-bond acceptors (Lipinski definition) is 3. The molecule has 0 atom stereocenters. The first-order valence-corrected chi connectivity index (χ1v) is 5.17. The Balaban J connectivity index is 2.06. The summed E-state index contributed by atoms with van der Waals surface area (Å²) in [6.45, 7) is 0.680. The number of nitrogens with one attached hydrogen (secondary N) is 3. The van der Waals surface area contributed by atoms with Crippen LogP contribution in [0.1, 0.15) is 6.42 Å². The van der Waals surface area contributed by atoms with E-state index in [4.69, 9.17) is 0 Å². The van der Waals surface area contributed by atoms with Crippen molar-refractivity contribution in [3.05, 3.63) is 24.4 Å². The smallest absolute Gasteiger partial charge is 0.225 e. The Labute approximate surface area is 93.2 Å². The molecule has 0 saturated carbocycles. The van der Waals surface area contributed by atoms with Crippen LogP contribution in [-0.4, -0.2) is 29.7 Å². The standard InChI is InChI=1S/C11H14N4O/c1-12-5-4-11(16)14-9-2-3-10-8(6-9)7-13-15-10/h2-3,6-7,12H,4-5H2,1H3,(H,13,15)(H,14,16). The third kappa shape index (κ3) is 2.38. The zero-order valence-electron chi connectivity index (χ0n) is 9.08. The van der Waals surface area contributed by atoms with Crippen LogP contribution in [0, 0.1) is 0 Å². The molecular weight excluding hydrogens is 204 g/mol. The van der Waals surface area contributed by atoms with Crippen molar-refractivity contribution >= 4 is 22.5 Å². The van der Waals surface area contributed by atoms with Crippen LogP contribution < -0.4 is 10.6 Å². The fourth-order valence-electron chi connectivity index (χ4n) is 1.48. The van der Waals surface area contributed by atoms with Gasteiger partial charge in [0.05, 0.1) is 11.7 Å². The van der Waals surface area contributed by atoms with Gasteiger partial charge in [-0.25, -0.2) is 0 Å². The van der Waals surface area contributed by atoms with E-state index in [9.17, 15) is 4.79 Å². The highest BCUT2D eigenvalue weighted by molar-refractivity contribution is 5.93. The number of H-pyrrole nitrogens is 1. The lowest BCUT2D eigenvalue weighted by Gasteiger charge is -2.04. The Morgan fingerprint density at radius 2 is 2.38 bits per heavy atom. The lowest BCUT2D eigenvalue weighted by molar-refractivity contribution is -0.116. The van der Waals surface area contributed by atoms with Crippen LogP contribution in [0.4, 0.5) is 5.69 Å². The molecule has 1 aromatic carbocycles. The molecule has 0 aliphatic rings. The van der Waals surface area contributed by atoms with Gasteiger partial charge in [-0.2, -0.15) is 5.10 Å². The number of aromatic amines is 1. The predicted octanol–water partition coefficient (Wildman–Crippen LogP) is 1.11. The number of benzene rings is 1. The molecule has 0 unspecified atom stereocenters. The molecular formula is C11H14N4O. The Hall–Kier alpha value is -1.88. The molecule has 5 nitrogen and oxygen atoms in total. The van der Waals surface area contributed by atoms with Gasteiger partial charge in [0.25, 0.3) is 0 Å². The monoisotopic (exact) mass is 218 g/mol. The van der Waals surface area contributed by atoms with Crippen LogP contribution in [0.25, 0.3) is 10.9 Å². The number of fused-ring (bicyclic) bond motifs is 1. The minimum Gasteiger partial charge on any atom is -0.326 e. The maximum Gasteiger partial charge on any atom is 0.225 e. The lowest BCUT2D eigenvalue weighted by atomic mass is 10.2. The minimum atomic E-state index is 0.0113. The quantitative estimate of drug-likeness (QED) is 0.720. The summed E-state index contributed by atoms with van der Waals surface area (Å²) in [4.78, 5) is 11.5. The summed E-state index contributed by atoms with van der Waals surface area (Å²) in [5.74, 6) is 0.0113. The van der Waals surface area contributed by atoms with E-state index < -0.39 is 0 Å². The third-order valence-corrected chi connectivity index (χ3v) is 2.33. The highest BCUT2D eigenvalue weighted by Crippen LogP contribution is 2.16. The van der Waals surface area contributed by atoms with Crippen molar-refractivity contribution in [3.8, 4) is 0 Å². The van der Waals surface area contributed by atoms with Crippen LogP contribution >= 0.6 is 0 Å². The first-order chi connectivity index (χ1) is 7.79. The second-order valence-corrected chi connectivity index (χ2v) is 3.57. The van der Waals surface area contributed by atoms with E-state index in [1.54, 1.807) is 6.20 Å². The molecule has 0 aliphatic heterocycles. The number of hydrogen-bond donors (Lipinski definition) is 3. The minimum absolute atomic E-state index is 0.0113. The fraction of sp³-hybridized carbons (Fsp3) is 0.273. The largest absolute Gasteiger partial charge is 0.326 e. The van der Waals surface area contributed by atoms with Gasteiger partial charge in [-0.05, 0) is 25.2 Å². The number of carbonyl (C=O) groups excluding carboxylic acids is 1. The molecule has 5 heteroatoms. The average Bonchev–Trinajstić information content (AvgIpc) is 2.73. The predicted molar refractivity (Wildman–Crippen MR) is 63.3 cm³/mol. The van der Waals surface area contributed by atoms with Crippen molar-refractivity contribution in [2.24, 2.45) is 0 Å². The summed E-state index contributed by atoms with van der Waals surface area (Å²) < 4.78 is 0. The summed E-state index contributed by atoms with van der Waals surface area (Å²) in [5, 5.41) is 13.5. The second-order valence-electron chi connectivity index (χ2n) is 3.57. The maximum atomic E-state index is 11.5. The molecule has 0 saturated heterocycles. The zero-order chi connectivity index (χ0) is 11.4. The van der Waals surface area contributed by atoms with Gasteiger partial charge < -0.3 is 10.6 Å². The van der Waals surface area contributed by atoms with Crippen molar-refractivity contribution in [1.29, 1.82) is 0 Å². The number of aromatic nitrogens is 2. The molecule has 0 spiro atoms. The Morgan fingerprint density at radius 3 is 3.19 bits per heavy atom. The van der Waals surface area contributed by atoms with Crippen LogP contribution in [0.3, 0.4) is 0 Å². The second kappa shape index (κ2) is 4.76. The zero-order valence-corrected chi connectivity index (χ0v) is 9.08. The van der Waals surface area contributed by atoms with Gasteiger partial charge in [-0.15, -0.1) is 0 Å². The van der Waals surface area contributed by atoms with Gasteiger partial charge in [0.2, 0.25) is 5.91 Å². The molecule has 2 aromatic rings. The van der Waals surface area contributed by atoms with Crippen molar-refractivity contribution in [3.63, 3.8) is 0 Å². The molecule has 2 rings (SSSR count). The van der Waals surface area contributed by atoms with Crippen LogP contribution in [-0.2, 0) is 4.79 Å². The molecule has 84 valence electrons. The summed E-state index contributed by atoms with van der Waals surface area (Å²) in [6, 6.07) is 5.66. The third-order valence-electron chi connectivity index (χ3n) is 2.33. The van der Waals surface area contributed by atoms with E-state index in [-0.39, 0.29) is 5.91 Å². The van der Waals surface area contributed by atoms with E-state index in [2.05, 4.69) is 20.8 Å². The number of anilines is 1. The summed E-state index contributed by atoms with van der Waals surface area (Å²) in [6.07, 6.45) is 2.21. The first-order valence-electron chi connectivity index (χ1n) is 5.17. The van der Waals surface area contributed by atoms with Gasteiger partial charge in [-0.3, -0.25) is 9.89 Å². The number of nitrogens with zero attached hydrogens (tertiary/aromatic N) is 1. The summed E-state index contributed by atoms with van der Waals surface area (Å²) in [5.41, 5.74) is 1.77. The lowest BCUT2D eigenvalue weighted by Crippen LogP contribution is -2.18. The number of amides is 1. The molecule has 0 aliphatic carbocycles. The molecule has 0 bridgehead atoms. The molecule has 1 heterocycles. The van der Waals surface area contributed by atoms with Crippen LogP contribution in [0.15, 0.2) is 24.4 Å². The number of rotatable bonds is 4. The molecule has 1 amide bonds. The topological polar surface area (TPSA) is 69.8 Å². The Kier molecular flexibility index (Phi) is 3.16. The Bertz CT molecular complexity index is 491. The average molecular weight is 218 g/mol. The van der Waals surface area contributed by atoms with Crippen LogP contribution in [0.5, 0.6) is 0 Å². The van der Waals surface area contributed by atoms with Crippen LogP contribution in [0.2, 0.25) is 0 Å². The Morgan fingerprint density at radius 1 is 1.50 bits per heavy atom. The van der Waals surface area contributed by atoms with Crippen molar-refractivity contribution in [2.75, 3.05) is 18.9 Å². The molecule has 0 radical (unpaired) electrons. The summed E-state index contributed by atoms with van der Waals surface area (Å²) >= 11 is 0. The summed E-state index contributed by atoms with van der Waals surface area (Å²) in [7, 11) is 1.82. The molecule has 0 fully saturated rings. The van der Waals surface area contributed by atoms with Gasteiger partial charge >= 0.3 is 0 Å². The van der Waals surface area contributed by atoms with E-state index in [0.717, 1.165) is 16.6 Å². The van der Waals surface area contributed by atoms with E-state index in [1.165, 1.54) is 0 Å². The van der Waals surface area contributed by atoms with E-state index >= 15 is 0 Å². The highest BCUT2D eigenvalue weighted by Gasteiger charge is 2.02. The number of carbonyl (C=O) groups is 1. The van der Waals surface area contributed by atoms with Gasteiger partial charge in [-0.1, -0.05) is 0 Å². The molecule has 16 heavy (non-hydrogen) atoms. The normalized spacial score (nSPS) is 10.6. The van der Waals surface area contributed by atoms with Gasteiger partial charge in [0, 0.05) is 24.0 Å². The molecule has 1 aromatic heterocycles.